The summed E-state index contributed by atoms with van der Waals surface area (Å²) in [5.74, 6) is -0.207. The quantitative estimate of drug-likeness (QED) is 0.855. The zero-order valence-electron chi connectivity index (χ0n) is 11.4. The van der Waals surface area contributed by atoms with E-state index in [1.165, 1.54) is 24.7 Å². The Morgan fingerprint density at radius 1 is 1.40 bits per heavy atom. The molecule has 0 saturated carbocycles. The van der Waals surface area contributed by atoms with E-state index in [9.17, 15) is 9.59 Å². The van der Waals surface area contributed by atoms with Gasteiger partial charge >= 0.3 is 0 Å². The largest absolute Gasteiger partial charge is 0.336 e. The van der Waals surface area contributed by atoms with Crippen molar-refractivity contribution in [2.24, 2.45) is 0 Å². The minimum atomic E-state index is -0.172. The highest BCUT2D eigenvalue weighted by atomic mass is 32.1. The first-order valence-electron chi connectivity index (χ1n) is 6.90. The van der Waals surface area contributed by atoms with Gasteiger partial charge < -0.3 is 15.5 Å². The second-order valence-corrected chi connectivity index (χ2v) is 6.25. The molecule has 108 valence electrons. The maximum atomic E-state index is 12.5. The SMILES string of the molecule is CC(=O)Nc1nc(C(=O)N2CCC3CCC(C2)N3)cs1. The fourth-order valence-electron chi connectivity index (χ4n) is 2.87. The first-order chi connectivity index (χ1) is 9.61. The van der Waals surface area contributed by atoms with Crippen molar-refractivity contribution in [3.63, 3.8) is 0 Å². The van der Waals surface area contributed by atoms with Crippen LogP contribution < -0.4 is 10.6 Å². The summed E-state index contributed by atoms with van der Waals surface area (Å²) in [6, 6.07) is 0.975. The molecule has 2 fully saturated rings. The summed E-state index contributed by atoms with van der Waals surface area (Å²) >= 11 is 1.28. The van der Waals surface area contributed by atoms with Gasteiger partial charge in [0, 0.05) is 37.5 Å². The molecule has 2 unspecified atom stereocenters. The second kappa shape index (κ2) is 5.49. The molecule has 6 nitrogen and oxygen atoms in total. The number of hydrogen-bond donors (Lipinski definition) is 2. The van der Waals surface area contributed by atoms with Crippen LogP contribution in [0.1, 0.15) is 36.7 Å². The van der Waals surface area contributed by atoms with Crippen LogP contribution in [-0.2, 0) is 4.79 Å². The molecular weight excluding hydrogens is 276 g/mol. The summed E-state index contributed by atoms with van der Waals surface area (Å²) < 4.78 is 0. The molecule has 2 aliphatic rings. The average Bonchev–Trinajstić information content (AvgIpc) is 2.95. The van der Waals surface area contributed by atoms with Crippen LogP contribution >= 0.6 is 11.3 Å². The van der Waals surface area contributed by atoms with Crippen LogP contribution in [0.2, 0.25) is 0 Å². The lowest BCUT2D eigenvalue weighted by atomic mass is 10.1. The van der Waals surface area contributed by atoms with Crippen LogP contribution in [0.15, 0.2) is 5.38 Å². The van der Waals surface area contributed by atoms with Gasteiger partial charge in [-0.1, -0.05) is 0 Å². The Bertz CT molecular complexity index is 530. The van der Waals surface area contributed by atoms with Crippen LogP contribution in [0.5, 0.6) is 0 Å². The first-order valence-corrected chi connectivity index (χ1v) is 7.78. The van der Waals surface area contributed by atoms with E-state index in [0.717, 1.165) is 25.9 Å². The molecule has 2 saturated heterocycles. The Morgan fingerprint density at radius 2 is 2.20 bits per heavy atom. The molecule has 7 heteroatoms. The van der Waals surface area contributed by atoms with Crippen molar-refractivity contribution in [1.82, 2.24) is 15.2 Å². The fourth-order valence-corrected chi connectivity index (χ4v) is 3.60. The molecule has 2 bridgehead atoms. The number of nitrogens with zero attached hydrogens (tertiary/aromatic N) is 2. The second-order valence-electron chi connectivity index (χ2n) is 5.40. The number of anilines is 1. The Kier molecular flexibility index (Phi) is 3.71. The van der Waals surface area contributed by atoms with Gasteiger partial charge in [-0.05, 0) is 19.3 Å². The van der Waals surface area contributed by atoms with Gasteiger partial charge in [0.05, 0.1) is 0 Å². The summed E-state index contributed by atoms with van der Waals surface area (Å²) in [5, 5.41) is 8.35. The van der Waals surface area contributed by atoms with Gasteiger partial charge in [0.2, 0.25) is 5.91 Å². The lowest BCUT2D eigenvalue weighted by molar-refractivity contribution is -0.114. The lowest BCUT2D eigenvalue weighted by Gasteiger charge is -2.23. The van der Waals surface area contributed by atoms with E-state index >= 15 is 0 Å². The molecule has 0 radical (unpaired) electrons. The lowest BCUT2D eigenvalue weighted by Crippen LogP contribution is -2.39. The number of rotatable bonds is 2. The molecule has 0 aliphatic carbocycles. The molecule has 2 amide bonds. The molecule has 2 atom stereocenters. The Hall–Kier alpha value is -1.47. The summed E-state index contributed by atoms with van der Waals surface area (Å²) in [4.78, 5) is 29.5. The predicted molar refractivity (Wildman–Crippen MR) is 76.9 cm³/mol. The van der Waals surface area contributed by atoms with Gasteiger partial charge in [0.1, 0.15) is 5.69 Å². The van der Waals surface area contributed by atoms with Crippen LogP contribution in [0.25, 0.3) is 0 Å². The monoisotopic (exact) mass is 294 g/mol. The molecule has 20 heavy (non-hydrogen) atoms. The van der Waals surface area contributed by atoms with Crippen molar-refractivity contribution in [3.8, 4) is 0 Å². The molecule has 2 N–H and O–H groups in total. The van der Waals surface area contributed by atoms with Crippen LogP contribution in [0.4, 0.5) is 5.13 Å². The normalized spacial score (nSPS) is 25.4. The first kappa shape index (κ1) is 13.5. The Morgan fingerprint density at radius 3 is 3.00 bits per heavy atom. The summed E-state index contributed by atoms with van der Waals surface area (Å²) in [7, 11) is 0. The zero-order chi connectivity index (χ0) is 14.1. The van der Waals surface area contributed by atoms with Gasteiger partial charge in [-0.15, -0.1) is 11.3 Å². The standard InChI is InChI=1S/C13H18N4O2S/c1-8(18)14-13-16-11(7-20-13)12(19)17-5-4-9-2-3-10(6-17)15-9/h7,9-10,15H,2-6H2,1H3,(H,14,16,18). The summed E-state index contributed by atoms with van der Waals surface area (Å²) in [5.41, 5.74) is 0.427. The van der Waals surface area contributed by atoms with Gasteiger partial charge in [0.15, 0.2) is 5.13 Å². The van der Waals surface area contributed by atoms with E-state index in [0.29, 0.717) is 22.9 Å². The van der Waals surface area contributed by atoms with Crippen molar-refractivity contribution >= 4 is 28.3 Å². The van der Waals surface area contributed by atoms with Crippen LogP contribution in [-0.4, -0.2) is 46.9 Å². The van der Waals surface area contributed by atoms with Crippen molar-refractivity contribution in [1.29, 1.82) is 0 Å². The third-order valence-corrected chi connectivity index (χ3v) is 4.57. The van der Waals surface area contributed by atoms with E-state index < -0.39 is 0 Å². The Labute approximate surface area is 121 Å². The van der Waals surface area contributed by atoms with Crippen molar-refractivity contribution in [2.75, 3.05) is 18.4 Å². The number of thiazole rings is 1. The predicted octanol–water partition coefficient (Wildman–Crippen LogP) is 1.07. The molecule has 0 spiro atoms. The van der Waals surface area contributed by atoms with E-state index in [4.69, 9.17) is 0 Å². The smallest absolute Gasteiger partial charge is 0.273 e. The van der Waals surface area contributed by atoms with E-state index in [1.807, 2.05) is 4.90 Å². The Balaban J connectivity index is 1.68. The van der Waals surface area contributed by atoms with Gasteiger partial charge in [0.25, 0.3) is 5.91 Å². The van der Waals surface area contributed by atoms with Crippen LogP contribution in [0.3, 0.4) is 0 Å². The number of nitrogens with one attached hydrogen (secondary N) is 2. The topological polar surface area (TPSA) is 74.3 Å². The van der Waals surface area contributed by atoms with E-state index in [1.54, 1.807) is 5.38 Å². The highest BCUT2D eigenvalue weighted by Gasteiger charge is 2.32. The number of aromatic nitrogens is 1. The highest BCUT2D eigenvalue weighted by Crippen LogP contribution is 2.23. The maximum absolute atomic E-state index is 12.5. The fraction of sp³-hybridized carbons (Fsp3) is 0.615. The molecule has 3 heterocycles. The molecule has 3 rings (SSSR count). The molecular formula is C13H18N4O2S. The minimum absolute atomic E-state index is 0.0350. The number of carbonyl (C=O) groups is 2. The average molecular weight is 294 g/mol. The molecule has 0 aromatic carbocycles. The number of hydrogen-bond acceptors (Lipinski definition) is 5. The number of fused-ring (bicyclic) bond motifs is 2. The van der Waals surface area contributed by atoms with E-state index in [2.05, 4.69) is 15.6 Å². The maximum Gasteiger partial charge on any atom is 0.273 e. The third-order valence-electron chi connectivity index (χ3n) is 3.82. The van der Waals surface area contributed by atoms with Gasteiger partial charge in [-0.3, -0.25) is 9.59 Å². The minimum Gasteiger partial charge on any atom is -0.336 e. The van der Waals surface area contributed by atoms with Crippen molar-refractivity contribution < 1.29 is 9.59 Å². The zero-order valence-corrected chi connectivity index (χ0v) is 12.2. The third kappa shape index (κ3) is 2.83. The number of likely N-dealkylation sites (tertiary alicyclic amines) is 1. The van der Waals surface area contributed by atoms with Gasteiger partial charge in [-0.25, -0.2) is 4.98 Å². The molecule has 1 aromatic rings. The number of carbonyl (C=O) groups excluding carboxylic acids is 2. The van der Waals surface area contributed by atoms with Crippen molar-refractivity contribution in [2.45, 2.75) is 38.3 Å². The van der Waals surface area contributed by atoms with Gasteiger partial charge in [-0.2, -0.15) is 0 Å². The van der Waals surface area contributed by atoms with Crippen molar-refractivity contribution in [3.05, 3.63) is 11.1 Å². The molecule has 1 aromatic heterocycles. The van der Waals surface area contributed by atoms with E-state index in [-0.39, 0.29) is 11.8 Å². The number of amides is 2. The highest BCUT2D eigenvalue weighted by molar-refractivity contribution is 7.14. The summed E-state index contributed by atoms with van der Waals surface area (Å²) in [6.07, 6.45) is 3.36. The van der Waals surface area contributed by atoms with Crippen LogP contribution in [0, 0.1) is 0 Å². The molecule has 2 aliphatic heterocycles. The summed E-state index contributed by atoms with van der Waals surface area (Å²) in [6.45, 7) is 2.96.